The van der Waals surface area contributed by atoms with Gasteiger partial charge in [-0.3, -0.25) is 4.79 Å². The molecule has 0 spiro atoms. The Bertz CT molecular complexity index is 181. The minimum atomic E-state index is 0.0172. The molecule has 0 amide bonds. The van der Waals surface area contributed by atoms with Crippen LogP contribution in [-0.4, -0.2) is 16.0 Å². The van der Waals surface area contributed by atoms with Gasteiger partial charge in [0.05, 0.1) is 6.42 Å². The molecule has 1 saturated carbocycles. The summed E-state index contributed by atoms with van der Waals surface area (Å²) in [6.07, 6.45) is 4.59. The second-order valence-electron chi connectivity index (χ2n) is 3.37. The molecule has 0 aromatic rings. The maximum atomic E-state index is 10.9. The van der Waals surface area contributed by atoms with Crippen LogP contribution < -0.4 is 0 Å². The van der Waals surface area contributed by atoms with Gasteiger partial charge in [-0.15, -0.1) is 0 Å². The van der Waals surface area contributed by atoms with E-state index in [0.717, 1.165) is 0 Å². The standard InChI is InChI=1S/C8H11IO2/c9-6-3-1-2-5-4-7(10)11-8(5)6/h5-6,8H,1-4H2/t5-,6+,8+/m0/s1. The van der Waals surface area contributed by atoms with Crippen LogP contribution in [0.25, 0.3) is 0 Å². The van der Waals surface area contributed by atoms with Crippen molar-refractivity contribution in [3.8, 4) is 0 Å². The Hall–Kier alpha value is 0.200. The summed E-state index contributed by atoms with van der Waals surface area (Å²) in [6.45, 7) is 0. The molecule has 2 rings (SSSR count). The summed E-state index contributed by atoms with van der Waals surface area (Å²) in [5.41, 5.74) is 0. The van der Waals surface area contributed by atoms with Crippen molar-refractivity contribution in [3.63, 3.8) is 0 Å². The summed E-state index contributed by atoms with van der Waals surface area (Å²) in [4.78, 5) is 10.9. The first-order valence-corrected chi connectivity index (χ1v) is 5.35. The summed E-state index contributed by atoms with van der Waals surface area (Å²) in [6, 6.07) is 0. The van der Waals surface area contributed by atoms with E-state index >= 15 is 0 Å². The Morgan fingerprint density at radius 2 is 2.27 bits per heavy atom. The third-order valence-electron chi connectivity index (χ3n) is 2.57. The zero-order valence-electron chi connectivity index (χ0n) is 6.25. The number of fused-ring (bicyclic) bond motifs is 1. The van der Waals surface area contributed by atoms with Crippen LogP contribution in [-0.2, 0) is 9.53 Å². The first-order chi connectivity index (χ1) is 5.27. The zero-order valence-corrected chi connectivity index (χ0v) is 8.41. The van der Waals surface area contributed by atoms with Crippen molar-refractivity contribution in [2.45, 2.75) is 35.7 Å². The molecule has 0 aromatic carbocycles. The van der Waals surface area contributed by atoms with Crippen molar-refractivity contribution >= 4 is 28.6 Å². The van der Waals surface area contributed by atoms with Crippen LogP contribution in [0.15, 0.2) is 0 Å². The normalized spacial score (nSPS) is 43.4. The Labute approximate surface area is 79.8 Å². The highest BCUT2D eigenvalue weighted by Gasteiger charge is 2.41. The summed E-state index contributed by atoms with van der Waals surface area (Å²) >= 11 is 2.41. The molecule has 0 N–H and O–H groups in total. The van der Waals surface area contributed by atoms with E-state index in [1.165, 1.54) is 19.3 Å². The third-order valence-corrected chi connectivity index (χ3v) is 3.90. The third kappa shape index (κ3) is 1.39. The predicted octanol–water partition coefficient (Wildman–Crippen LogP) is 1.91. The van der Waals surface area contributed by atoms with Crippen LogP contribution in [0.4, 0.5) is 0 Å². The van der Waals surface area contributed by atoms with Gasteiger partial charge in [-0.1, -0.05) is 29.0 Å². The first-order valence-electron chi connectivity index (χ1n) is 4.11. The molecule has 1 saturated heterocycles. The number of rotatable bonds is 0. The highest BCUT2D eigenvalue weighted by atomic mass is 127. The van der Waals surface area contributed by atoms with E-state index in [0.29, 0.717) is 16.3 Å². The zero-order chi connectivity index (χ0) is 7.84. The van der Waals surface area contributed by atoms with Gasteiger partial charge >= 0.3 is 5.97 Å². The maximum Gasteiger partial charge on any atom is 0.306 e. The van der Waals surface area contributed by atoms with Gasteiger partial charge in [-0.25, -0.2) is 0 Å². The Kier molecular flexibility index (Phi) is 2.08. The van der Waals surface area contributed by atoms with Crippen molar-refractivity contribution < 1.29 is 9.53 Å². The number of carbonyl (C=O) groups excluding carboxylic acids is 1. The second-order valence-corrected chi connectivity index (χ2v) is 4.97. The van der Waals surface area contributed by atoms with Crippen molar-refractivity contribution in [2.75, 3.05) is 0 Å². The molecule has 2 nitrogen and oxygen atoms in total. The van der Waals surface area contributed by atoms with E-state index in [-0.39, 0.29) is 12.1 Å². The van der Waals surface area contributed by atoms with E-state index in [2.05, 4.69) is 22.6 Å². The maximum absolute atomic E-state index is 10.9. The molecule has 1 aliphatic carbocycles. The number of hydrogen-bond donors (Lipinski definition) is 0. The lowest BCUT2D eigenvalue weighted by Crippen LogP contribution is -2.30. The fourth-order valence-corrected chi connectivity index (χ4v) is 3.18. The number of esters is 1. The van der Waals surface area contributed by atoms with E-state index in [1.54, 1.807) is 0 Å². The van der Waals surface area contributed by atoms with E-state index in [4.69, 9.17) is 4.74 Å². The number of ether oxygens (including phenoxy) is 1. The van der Waals surface area contributed by atoms with E-state index in [1.807, 2.05) is 0 Å². The van der Waals surface area contributed by atoms with Crippen LogP contribution in [0.2, 0.25) is 0 Å². The van der Waals surface area contributed by atoms with Crippen LogP contribution in [0.1, 0.15) is 25.7 Å². The van der Waals surface area contributed by atoms with Gasteiger partial charge in [0.2, 0.25) is 0 Å². The minimum Gasteiger partial charge on any atom is -0.461 e. The summed E-state index contributed by atoms with van der Waals surface area (Å²) in [5, 5.41) is 0. The molecule has 1 heterocycles. The number of carbonyl (C=O) groups is 1. The molecule has 2 fully saturated rings. The van der Waals surface area contributed by atoms with Crippen LogP contribution in [0.5, 0.6) is 0 Å². The number of hydrogen-bond acceptors (Lipinski definition) is 2. The summed E-state index contributed by atoms with van der Waals surface area (Å²) < 4.78 is 5.80. The average molecular weight is 266 g/mol. The van der Waals surface area contributed by atoms with E-state index in [9.17, 15) is 4.79 Å². The lowest BCUT2D eigenvalue weighted by molar-refractivity contribution is -0.141. The molecular formula is C8H11IO2. The minimum absolute atomic E-state index is 0.0172. The lowest BCUT2D eigenvalue weighted by atomic mass is 9.86. The quantitative estimate of drug-likeness (QED) is 0.380. The predicted molar refractivity (Wildman–Crippen MR) is 49.6 cm³/mol. The SMILES string of the molecule is O=C1C[C@@H]2CCC[C@@H](I)[C@@H]2O1. The van der Waals surface area contributed by atoms with Crippen LogP contribution >= 0.6 is 22.6 Å². The molecular weight excluding hydrogens is 255 g/mol. The lowest BCUT2D eigenvalue weighted by Gasteiger charge is -2.27. The van der Waals surface area contributed by atoms with Crippen molar-refractivity contribution in [2.24, 2.45) is 5.92 Å². The number of halogens is 1. The highest BCUT2D eigenvalue weighted by molar-refractivity contribution is 14.1. The van der Waals surface area contributed by atoms with Gasteiger partial charge in [0, 0.05) is 9.84 Å². The molecule has 11 heavy (non-hydrogen) atoms. The summed E-state index contributed by atoms with van der Waals surface area (Å²) in [7, 11) is 0. The molecule has 0 radical (unpaired) electrons. The number of alkyl halides is 1. The second kappa shape index (κ2) is 2.92. The van der Waals surface area contributed by atoms with Gasteiger partial charge in [-0.2, -0.15) is 0 Å². The van der Waals surface area contributed by atoms with Gasteiger partial charge in [0.25, 0.3) is 0 Å². The largest absolute Gasteiger partial charge is 0.461 e. The average Bonchev–Trinajstić information content (AvgIpc) is 2.31. The van der Waals surface area contributed by atoms with E-state index < -0.39 is 0 Å². The summed E-state index contributed by atoms with van der Waals surface area (Å²) in [5.74, 6) is 0.557. The molecule has 0 unspecified atom stereocenters. The molecule has 0 bridgehead atoms. The van der Waals surface area contributed by atoms with Crippen molar-refractivity contribution in [1.29, 1.82) is 0 Å². The monoisotopic (exact) mass is 266 g/mol. The fraction of sp³-hybridized carbons (Fsp3) is 0.875. The van der Waals surface area contributed by atoms with Gasteiger partial charge in [0.15, 0.2) is 0 Å². The molecule has 3 heteroatoms. The molecule has 3 atom stereocenters. The van der Waals surface area contributed by atoms with Gasteiger partial charge in [0.1, 0.15) is 6.10 Å². The topological polar surface area (TPSA) is 26.3 Å². The van der Waals surface area contributed by atoms with Crippen LogP contribution in [0, 0.1) is 5.92 Å². The molecule has 1 aliphatic heterocycles. The highest BCUT2D eigenvalue weighted by Crippen LogP contribution is 2.38. The van der Waals surface area contributed by atoms with Gasteiger partial charge < -0.3 is 4.74 Å². The Morgan fingerprint density at radius 1 is 1.45 bits per heavy atom. The Morgan fingerprint density at radius 3 is 3.00 bits per heavy atom. The molecule has 62 valence electrons. The van der Waals surface area contributed by atoms with Crippen LogP contribution in [0.3, 0.4) is 0 Å². The smallest absolute Gasteiger partial charge is 0.306 e. The van der Waals surface area contributed by atoms with Crippen molar-refractivity contribution in [1.82, 2.24) is 0 Å². The van der Waals surface area contributed by atoms with Crippen molar-refractivity contribution in [3.05, 3.63) is 0 Å². The molecule has 0 aromatic heterocycles. The Balaban J connectivity index is 2.09. The van der Waals surface area contributed by atoms with Gasteiger partial charge in [-0.05, 0) is 12.8 Å². The first kappa shape index (κ1) is 7.83. The molecule has 2 aliphatic rings. The fourth-order valence-electron chi connectivity index (χ4n) is 2.00.